The van der Waals surface area contributed by atoms with Crippen LogP contribution in [0.25, 0.3) is 15.5 Å². The Bertz CT molecular complexity index is 1010. The van der Waals surface area contributed by atoms with Crippen molar-refractivity contribution in [1.29, 1.82) is 0 Å². The summed E-state index contributed by atoms with van der Waals surface area (Å²) in [5.74, 6) is -0.654. The van der Waals surface area contributed by atoms with E-state index < -0.39 is 11.9 Å². The maximum Gasteiger partial charge on any atom is 0.354 e. The van der Waals surface area contributed by atoms with E-state index in [9.17, 15) is 9.59 Å². The topological polar surface area (TPSA) is 108 Å². The Balaban J connectivity index is 1.91. The third-order valence-corrected chi connectivity index (χ3v) is 4.35. The van der Waals surface area contributed by atoms with E-state index in [1.165, 1.54) is 25.6 Å². The van der Waals surface area contributed by atoms with Gasteiger partial charge in [0.2, 0.25) is 4.96 Å². The highest BCUT2D eigenvalue weighted by atomic mass is 32.1. The molecular weight excluding hydrogens is 358 g/mol. The number of hydrogen-bond acceptors (Lipinski definition) is 9. The van der Waals surface area contributed by atoms with Gasteiger partial charge in [0, 0.05) is 11.3 Å². The lowest BCUT2D eigenvalue weighted by molar-refractivity contribution is -0.138. The number of nitrogens with one attached hydrogen (secondary N) is 1. The maximum absolute atomic E-state index is 11.9. The van der Waals surface area contributed by atoms with Crippen LogP contribution in [0, 0.1) is 6.92 Å². The molecule has 0 aliphatic carbocycles. The molecule has 1 aromatic carbocycles. The monoisotopic (exact) mass is 373 g/mol. The lowest BCUT2D eigenvalue weighted by Gasteiger charge is -2.09. The van der Waals surface area contributed by atoms with Crippen molar-refractivity contribution in [3.63, 3.8) is 0 Å². The van der Waals surface area contributed by atoms with Crippen LogP contribution < -0.4 is 5.32 Å². The lowest BCUT2D eigenvalue weighted by atomic mass is 10.2. The van der Waals surface area contributed by atoms with Crippen LogP contribution in [0.2, 0.25) is 0 Å². The molecule has 1 N–H and O–H groups in total. The summed E-state index contributed by atoms with van der Waals surface area (Å²) in [6, 6.07) is 7.24. The zero-order valence-corrected chi connectivity index (χ0v) is 15.0. The number of rotatable bonds is 5. The Morgan fingerprint density at radius 3 is 2.73 bits per heavy atom. The van der Waals surface area contributed by atoms with E-state index >= 15 is 0 Å². The maximum atomic E-state index is 11.9. The molecule has 26 heavy (non-hydrogen) atoms. The van der Waals surface area contributed by atoms with E-state index in [0.29, 0.717) is 16.5 Å². The number of nitrogens with zero attached hydrogens (tertiary/aromatic N) is 4. The zero-order chi connectivity index (χ0) is 18.7. The van der Waals surface area contributed by atoms with E-state index in [-0.39, 0.29) is 5.70 Å². The summed E-state index contributed by atoms with van der Waals surface area (Å²) < 4.78 is 10.9. The predicted octanol–water partition coefficient (Wildman–Crippen LogP) is 1.80. The van der Waals surface area contributed by atoms with Crippen molar-refractivity contribution in [3.8, 4) is 10.6 Å². The molecule has 10 heteroatoms. The average Bonchev–Trinajstić information content (AvgIpc) is 3.23. The molecule has 0 spiro atoms. The quantitative estimate of drug-likeness (QED) is 0.533. The minimum absolute atomic E-state index is 0.0366. The number of carbonyl (C=O) groups is 2. The summed E-state index contributed by atoms with van der Waals surface area (Å²) in [6.07, 6.45) is 1.03. The zero-order valence-electron chi connectivity index (χ0n) is 14.2. The first kappa shape index (κ1) is 17.5. The normalized spacial score (nSPS) is 11.4. The fourth-order valence-corrected chi connectivity index (χ4v) is 3.03. The fraction of sp³-hybridized carbons (Fsp3) is 0.188. The lowest BCUT2D eigenvalue weighted by Crippen LogP contribution is -2.15. The molecule has 0 bridgehead atoms. The summed E-state index contributed by atoms with van der Waals surface area (Å²) in [4.78, 5) is 24.0. The molecule has 0 unspecified atom stereocenters. The molecule has 134 valence electrons. The summed E-state index contributed by atoms with van der Waals surface area (Å²) in [5.41, 5.74) is 1.38. The van der Waals surface area contributed by atoms with Crippen molar-refractivity contribution in [2.24, 2.45) is 0 Å². The van der Waals surface area contributed by atoms with Gasteiger partial charge in [-0.2, -0.15) is 9.61 Å². The third kappa shape index (κ3) is 3.54. The number of hydrogen-bond donors (Lipinski definition) is 1. The molecule has 0 radical (unpaired) electrons. The van der Waals surface area contributed by atoms with Gasteiger partial charge in [-0.05, 0) is 19.1 Å². The van der Waals surface area contributed by atoms with Crippen molar-refractivity contribution in [3.05, 3.63) is 41.9 Å². The van der Waals surface area contributed by atoms with E-state index in [1.807, 2.05) is 13.0 Å². The van der Waals surface area contributed by atoms with Crippen LogP contribution in [0.1, 0.15) is 5.82 Å². The van der Waals surface area contributed by atoms with Gasteiger partial charge >= 0.3 is 11.9 Å². The first-order valence-electron chi connectivity index (χ1n) is 7.46. The molecule has 2 aromatic heterocycles. The van der Waals surface area contributed by atoms with Crippen LogP contribution in [0.3, 0.4) is 0 Å². The molecule has 0 fully saturated rings. The number of carbonyl (C=O) groups excluding carboxylic acids is 2. The van der Waals surface area contributed by atoms with Gasteiger partial charge in [-0.15, -0.1) is 10.2 Å². The first-order chi connectivity index (χ1) is 12.5. The molecule has 0 amide bonds. The molecule has 9 nitrogen and oxygen atoms in total. The molecule has 2 heterocycles. The van der Waals surface area contributed by atoms with E-state index in [2.05, 4.69) is 30.1 Å². The van der Waals surface area contributed by atoms with Crippen LogP contribution in [0.15, 0.2) is 36.0 Å². The highest BCUT2D eigenvalue weighted by Gasteiger charge is 2.14. The van der Waals surface area contributed by atoms with Gasteiger partial charge in [-0.1, -0.05) is 23.5 Å². The van der Waals surface area contributed by atoms with Gasteiger partial charge in [0.15, 0.2) is 5.82 Å². The van der Waals surface area contributed by atoms with Gasteiger partial charge in [-0.3, -0.25) is 0 Å². The summed E-state index contributed by atoms with van der Waals surface area (Å²) >= 11 is 1.39. The Morgan fingerprint density at radius 1 is 1.23 bits per heavy atom. The number of methoxy groups -OCH3 is 2. The molecule has 0 saturated heterocycles. The molecule has 0 atom stereocenters. The number of aromatic nitrogens is 4. The second-order valence-corrected chi connectivity index (χ2v) is 6.08. The number of ether oxygens (including phenoxy) is 2. The van der Waals surface area contributed by atoms with Gasteiger partial charge in [0.25, 0.3) is 0 Å². The molecule has 3 rings (SSSR count). The van der Waals surface area contributed by atoms with Gasteiger partial charge < -0.3 is 14.8 Å². The highest BCUT2D eigenvalue weighted by molar-refractivity contribution is 7.19. The number of fused-ring (bicyclic) bond motifs is 1. The summed E-state index contributed by atoms with van der Waals surface area (Å²) in [7, 11) is 2.46. The Kier molecular flexibility index (Phi) is 4.94. The van der Waals surface area contributed by atoms with Crippen molar-refractivity contribution < 1.29 is 19.1 Å². The van der Waals surface area contributed by atoms with Gasteiger partial charge in [-0.25, -0.2) is 9.59 Å². The minimum atomic E-state index is -0.685. The predicted molar refractivity (Wildman–Crippen MR) is 94.6 cm³/mol. The molecule has 0 aliphatic rings. The van der Waals surface area contributed by atoms with E-state index in [4.69, 9.17) is 0 Å². The second kappa shape index (κ2) is 7.31. The number of anilines is 1. The summed E-state index contributed by atoms with van der Waals surface area (Å²) in [6.45, 7) is 1.82. The number of aryl methyl sites for hydroxylation is 1. The van der Waals surface area contributed by atoms with Crippen LogP contribution in [0.5, 0.6) is 0 Å². The Hall–Kier alpha value is -3.27. The fourth-order valence-electron chi connectivity index (χ4n) is 2.15. The molecule has 0 aliphatic heterocycles. The van der Waals surface area contributed by atoms with Crippen molar-refractivity contribution in [2.75, 3.05) is 19.5 Å². The first-order valence-corrected chi connectivity index (χ1v) is 8.27. The van der Waals surface area contributed by atoms with Crippen LogP contribution in [-0.4, -0.2) is 46.0 Å². The van der Waals surface area contributed by atoms with Gasteiger partial charge in [0.05, 0.1) is 20.3 Å². The largest absolute Gasteiger partial charge is 0.466 e. The molecular formula is C16H15N5O4S. The Labute approximate surface area is 152 Å². The van der Waals surface area contributed by atoms with Crippen molar-refractivity contribution in [2.45, 2.75) is 6.92 Å². The van der Waals surface area contributed by atoms with Crippen molar-refractivity contribution >= 4 is 33.9 Å². The standard InChI is InChI=1S/C16H15N5O4S/c1-9-18-19-16-21(9)20-14(26-16)10-5-4-6-11(7-10)17-12(15(23)25-3)8-13(22)24-2/h4-8,17H,1-3H3/b12-8+. The molecule has 3 aromatic rings. The minimum Gasteiger partial charge on any atom is -0.466 e. The van der Waals surface area contributed by atoms with E-state index in [0.717, 1.165) is 16.6 Å². The highest BCUT2D eigenvalue weighted by Crippen LogP contribution is 2.27. The summed E-state index contributed by atoms with van der Waals surface area (Å²) in [5, 5.41) is 16.1. The van der Waals surface area contributed by atoms with Crippen LogP contribution >= 0.6 is 11.3 Å². The smallest absolute Gasteiger partial charge is 0.354 e. The number of benzene rings is 1. The SMILES string of the molecule is COC(=O)/C=C(/Nc1cccc(-c2nn3c(C)nnc3s2)c1)C(=O)OC. The van der Waals surface area contributed by atoms with Crippen molar-refractivity contribution in [1.82, 2.24) is 19.8 Å². The Morgan fingerprint density at radius 2 is 2.04 bits per heavy atom. The number of esters is 2. The second-order valence-electron chi connectivity index (χ2n) is 5.13. The van der Waals surface area contributed by atoms with Gasteiger partial charge in [0.1, 0.15) is 10.7 Å². The molecule has 0 saturated carbocycles. The third-order valence-electron chi connectivity index (χ3n) is 3.40. The van der Waals surface area contributed by atoms with Crippen LogP contribution in [0.4, 0.5) is 5.69 Å². The van der Waals surface area contributed by atoms with E-state index in [1.54, 1.807) is 22.7 Å². The average molecular weight is 373 g/mol. The van der Waals surface area contributed by atoms with Crippen LogP contribution in [-0.2, 0) is 19.1 Å².